The largest absolute Gasteiger partial charge is 0.393 e. The standard InChI is InChI=1S/C30H31F3N6S/c1-4-19(2)7-12-39-23(16-34)13-25-20(3)21(5-6-27(25)39)17-38-10-8-22(9-11-38)37-28-26-14-24(15-30(31,32)33)40-29(26)36-18-35-28/h4-6,13-14,18,22H,1-2,7-12,15,17H2,3H3,(H,35,36,37). The lowest BCUT2D eigenvalue weighted by Gasteiger charge is -2.33. The second kappa shape index (κ2) is 11.4. The van der Waals surface area contributed by atoms with Crippen molar-refractivity contribution < 1.29 is 13.2 Å². The second-order valence-electron chi connectivity index (χ2n) is 10.3. The highest BCUT2D eigenvalue weighted by Crippen LogP contribution is 2.33. The van der Waals surface area contributed by atoms with E-state index in [0.29, 0.717) is 28.3 Å². The van der Waals surface area contributed by atoms with Gasteiger partial charge in [0.25, 0.3) is 0 Å². The molecule has 0 atom stereocenters. The Balaban J connectivity index is 1.24. The van der Waals surface area contributed by atoms with Crippen LogP contribution in [-0.2, 0) is 19.5 Å². The number of aryl methyl sites for hydroxylation is 2. The summed E-state index contributed by atoms with van der Waals surface area (Å²) in [5.41, 5.74) is 5.08. The molecule has 0 bridgehead atoms. The number of thiophene rings is 1. The molecule has 4 aromatic rings. The van der Waals surface area contributed by atoms with Crippen molar-refractivity contribution in [2.75, 3.05) is 18.4 Å². The molecule has 4 heterocycles. The molecular formula is C30H31F3N6S. The van der Waals surface area contributed by atoms with E-state index < -0.39 is 12.6 Å². The highest BCUT2D eigenvalue weighted by atomic mass is 32.1. The molecule has 1 aliphatic rings. The summed E-state index contributed by atoms with van der Waals surface area (Å²) < 4.78 is 40.7. The average molecular weight is 565 g/mol. The number of aromatic nitrogens is 3. The van der Waals surface area contributed by atoms with Gasteiger partial charge < -0.3 is 9.88 Å². The van der Waals surface area contributed by atoms with Crippen LogP contribution in [0, 0.1) is 18.3 Å². The fourth-order valence-corrected chi connectivity index (χ4v) is 6.38. The van der Waals surface area contributed by atoms with E-state index in [-0.39, 0.29) is 10.9 Å². The minimum absolute atomic E-state index is 0.182. The highest BCUT2D eigenvalue weighted by Gasteiger charge is 2.29. The van der Waals surface area contributed by atoms with Crippen molar-refractivity contribution in [3.8, 4) is 6.07 Å². The van der Waals surface area contributed by atoms with Crippen LogP contribution >= 0.6 is 11.3 Å². The van der Waals surface area contributed by atoms with Crippen LogP contribution < -0.4 is 5.32 Å². The second-order valence-corrected chi connectivity index (χ2v) is 11.4. The molecule has 208 valence electrons. The third-order valence-electron chi connectivity index (χ3n) is 7.60. The van der Waals surface area contributed by atoms with E-state index in [1.165, 1.54) is 17.5 Å². The number of nitrogens with one attached hydrogen (secondary N) is 1. The molecule has 5 rings (SSSR count). The van der Waals surface area contributed by atoms with Crippen LogP contribution in [0.2, 0.25) is 0 Å². The molecule has 0 spiro atoms. The summed E-state index contributed by atoms with van der Waals surface area (Å²) in [6.45, 7) is 13.2. The zero-order chi connectivity index (χ0) is 28.4. The van der Waals surface area contributed by atoms with Crippen LogP contribution in [0.4, 0.5) is 19.0 Å². The molecule has 0 radical (unpaired) electrons. The number of anilines is 1. The molecule has 0 aliphatic carbocycles. The van der Waals surface area contributed by atoms with Gasteiger partial charge in [-0.25, -0.2) is 9.97 Å². The quantitative estimate of drug-likeness (QED) is 0.219. The minimum atomic E-state index is -4.25. The number of benzene rings is 1. The van der Waals surface area contributed by atoms with E-state index in [9.17, 15) is 18.4 Å². The Morgan fingerprint density at radius 1 is 1.23 bits per heavy atom. The molecular weight excluding hydrogens is 533 g/mol. The van der Waals surface area contributed by atoms with Gasteiger partial charge in [0.05, 0.1) is 11.8 Å². The predicted molar refractivity (Wildman–Crippen MR) is 154 cm³/mol. The normalized spacial score (nSPS) is 15.0. The van der Waals surface area contributed by atoms with Crippen molar-refractivity contribution in [1.82, 2.24) is 19.4 Å². The summed E-state index contributed by atoms with van der Waals surface area (Å²) in [4.78, 5) is 11.7. The summed E-state index contributed by atoms with van der Waals surface area (Å²) in [6, 6.07) is 10.3. The molecule has 1 N–H and O–H groups in total. The molecule has 1 aromatic carbocycles. The van der Waals surface area contributed by atoms with E-state index in [1.54, 1.807) is 12.1 Å². The van der Waals surface area contributed by atoms with Gasteiger partial charge in [-0.2, -0.15) is 18.4 Å². The summed E-state index contributed by atoms with van der Waals surface area (Å²) in [5.74, 6) is 0.601. The zero-order valence-corrected chi connectivity index (χ0v) is 23.2. The van der Waals surface area contributed by atoms with Crippen LogP contribution in [0.5, 0.6) is 0 Å². The summed E-state index contributed by atoms with van der Waals surface area (Å²) >= 11 is 1.07. The first-order valence-electron chi connectivity index (χ1n) is 13.3. The summed E-state index contributed by atoms with van der Waals surface area (Å²) in [5, 5.41) is 14.9. The Morgan fingerprint density at radius 3 is 2.70 bits per heavy atom. The number of nitriles is 1. The molecule has 1 aliphatic heterocycles. The third-order valence-corrected chi connectivity index (χ3v) is 8.65. The van der Waals surface area contributed by atoms with Gasteiger partial charge in [-0.05, 0) is 55.5 Å². The van der Waals surface area contributed by atoms with Crippen molar-refractivity contribution in [3.63, 3.8) is 0 Å². The maximum absolute atomic E-state index is 12.9. The molecule has 0 amide bonds. The van der Waals surface area contributed by atoms with Gasteiger partial charge in [-0.1, -0.05) is 30.9 Å². The number of rotatable bonds is 9. The Morgan fingerprint density at radius 2 is 2.00 bits per heavy atom. The van der Waals surface area contributed by atoms with Crippen molar-refractivity contribution >= 4 is 38.3 Å². The molecule has 40 heavy (non-hydrogen) atoms. The number of piperidine rings is 1. The molecule has 6 nitrogen and oxygen atoms in total. The molecule has 1 saturated heterocycles. The van der Waals surface area contributed by atoms with Crippen molar-refractivity contribution in [2.45, 2.75) is 57.9 Å². The van der Waals surface area contributed by atoms with Gasteiger partial charge in [0, 0.05) is 48.0 Å². The van der Waals surface area contributed by atoms with Crippen molar-refractivity contribution in [3.05, 3.63) is 77.1 Å². The molecule has 3 aromatic heterocycles. The first kappa shape index (κ1) is 27.9. The number of allylic oxidation sites excluding steroid dienone is 2. The van der Waals surface area contributed by atoms with E-state index >= 15 is 0 Å². The first-order valence-corrected chi connectivity index (χ1v) is 14.1. The highest BCUT2D eigenvalue weighted by molar-refractivity contribution is 7.18. The van der Waals surface area contributed by atoms with Crippen molar-refractivity contribution in [1.29, 1.82) is 5.26 Å². The molecule has 1 fully saturated rings. The number of hydrogen-bond donors (Lipinski definition) is 1. The number of nitrogens with zero attached hydrogens (tertiary/aromatic N) is 5. The molecule has 0 unspecified atom stereocenters. The van der Waals surface area contributed by atoms with Crippen LogP contribution in [0.3, 0.4) is 0 Å². The monoisotopic (exact) mass is 564 g/mol. The van der Waals surface area contributed by atoms with Gasteiger partial charge in [0.15, 0.2) is 0 Å². The fourth-order valence-electron chi connectivity index (χ4n) is 5.36. The first-order chi connectivity index (χ1) is 19.1. The van der Waals surface area contributed by atoms with Crippen LogP contribution in [0.25, 0.3) is 21.1 Å². The van der Waals surface area contributed by atoms with E-state index in [4.69, 9.17) is 0 Å². The van der Waals surface area contributed by atoms with E-state index in [2.05, 4.69) is 63.0 Å². The lowest BCUT2D eigenvalue weighted by atomic mass is 10.0. The topological polar surface area (TPSA) is 69.8 Å². The molecule has 0 saturated carbocycles. The maximum Gasteiger partial charge on any atom is 0.393 e. The van der Waals surface area contributed by atoms with E-state index in [1.807, 2.05) is 6.07 Å². The molecule has 10 heteroatoms. The average Bonchev–Trinajstić information content (AvgIpc) is 3.50. The van der Waals surface area contributed by atoms with Crippen LogP contribution in [0.1, 0.15) is 41.0 Å². The number of likely N-dealkylation sites (tertiary alicyclic amines) is 1. The number of fused-ring (bicyclic) bond motifs is 2. The van der Waals surface area contributed by atoms with Gasteiger partial charge in [0.2, 0.25) is 0 Å². The van der Waals surface area contributed by atoms with E-state index in [0.717, 1.165) is 66.7 Å². The smallest absolute Gasteiger partial charge is 0.367 e. The number of halogens is 3. The predicted octanol–water partition coefficient (Wildman–Crippen LogP) is 7.14. The fraction of sp³-hybridized carbons (Fsp3) is 0.367. The number of hydrogen-bond acceptors (Lipinski definition) is 6. The van der Waals surface area contributed by atoms with Crippen LogP contribution in [-0.4, -0.2) is 44.7 Å². The van der Waals surface area contributed by atoms with Gasteiger partial charge in [0.1, 0.15) is 28.7 Å². The summed E-state index contributed by atoms with van der Waals surface area (Å²) in [6.07, 6.45) is 0.499. The Bertz CT molecular complexity index is 1600. The summed E-state index contributed by atoms with van der Waals surface area (Å²) in [7, 11) is 0. The SMILES string of the molecule is C=CC(=C)CCn1c(C#N)cc2c(C)c(CN3CCC(Nc4ncnc5sc(CC(F)(F)F)cc45)CC3)ccc21. The van der Waals surface area contributed by atoms with Gasteiger partial charge in [-0.15, -0.1) is 11.3 Å². The Labute approximate surface area is 235 Å². The number of alkyl halides is 3. The lowest BCUT2D eigenvalue weighted by Crippen LogP contribution is -2.39. The lowest BCUT2D eigenvalue weighted by molar-refractivity contribution is -0.126. The third kappa shape index (κ3) is 6.06. The Kier molecular flexibility index (Phi) is 7.97. The zero-order valence-electron chi connectivity index (χ0n) is 22.4. The Hall–Kier alpha value is -3.68. The minimum Gasteiger partial charge on any atom is -0.367 e. The van der Waals surface area contributed by atoms with Gasteiger partial charge in [-0.3, -0.25) is 4.90 Å². The van der Waals surface area contributed by atoms with Crippen LogP contribution in [0.15, 0.2) is 55.4 Å². The van der Waals surface area contributed by atoms with Crippen molar-refractivity contribution in [2.24, 2.45) is 0 Å². The van der Waals surface area contributed by atoms with Gasteiger partial charge >= 0.3 is 6.18 Å². The maximum atomic E-state index is 12.9.